The van der Waals surface area contributed by atoms with Gasteiger partial charge >= 0.3 is 0 Å². The largest absolute Gasteiger partial charge is 0.369 e. The maximum atomic E-state index is 4.44. The van der Waals surface area contributed by atoms with Crippen LogP contribution in [0.25, 0.3) is 10.9 Å². The van der Waals surface area contributed by atoms with Gasteiger partial charge in [0.15, 0.2) is 0 Å². The summed E-state index contributed by atoms with van der Waals surface area (Å²) < 4.78 is 0. The Balaban J connectivity index is 1.42. The number of piperazine rings is 1. The Bertz CT molecular complexity index is 962. The lowest BCUT2D eigenvalue weighted by molar-refractivity contribution is 0.249. The number of nitrogens with zero attached hydrogens (tertiary/aromatic N) is 8. The van der Waals surface area contributed by atoms with Crippen LogP contribution in [0.2, 0.25) is 0 Å². The first kappa shape index (κ1) is 19.3. The van der Waals surface area contributed by atoms with Gasteiger partial charge < -0.3 is 14.7 Å². The summed E-state index contributed by atoms with van der Waals surface area (Å²) in [7, 11) is 7.94. The number of fused-ring (bicyclic) bond motifs is 1. The van der Waals surface area contributed by atoms with E-state index in [4.69, 9.17) is 0 Å². The monoisotopic (exact) mass is 392 g/mol. The summed E-state index contributed by atoms with van der Waals surface area (Å²) in [6, 6.07) is 6.47. The predicted octanol–water partition coefficient (Wildman–Crippen LogP) is 1.87. The molecule has 1 saturated heterocycles. The molecule has 0 saturated carbocycles. The van der Waals surface area contributed by atoms with Crippen LogP contribution in [0.1, 0.15) is 5.56 Å². The molecule has 0 bridgehead atoms. The summed E-state index contributed by atoms with van der Waals surface area (Å²) in [5, 5.41) is 1.09. The van der Waals surface area contributed by atoms with Crippen LogP contribution in [-0.4, -0.2) is 79.2 Å². The highest BCUT2D eigenvalue weighted by molar-refractivity contribution is 5.91. The van der Waals surface area contributed by atoms with E-state index in [0.717, 1.165) is 61.0 Å². The number of anilines is 3. The third-order valence-electron chi connectivity index (χ3n) is 5.26. The second-order valence-corrected chi connectivity index (χ2v) is 7.84. The van der Waals surface area contributed by atoms with Gasteiger partial charge in [-0.15, -0.1) is 0 Å². The van der Waals surface area contributed by atoms with Gasteiger partial charge in [-0.3, -0.25) is 4.90 Å². The molecule has 0 spiro atoms. The van der Waals surface area contributed by atoms with Gasteiger partial charge in [0.25, 0.3) is 0 Å². The average Bonchev–Trinajstić information content (AvgIpc) is 2.74. The van der Waals surface area contributed by atoms with E-state index in [-0.39, 0.29) is 0 Å². The van der Waals surface area contributed by atoms with Crippen molar-refractivity contribution in [2.24, 2.45) is 0 Å². The third kappa shape index (κ3) is 4.22. The molecule has 4 rings (SSSR count). The molecule has 29 heavy (non-hydrogen) atoms. The molecule has 152 valence electrons. The van der Waals surface area contributed by atoms with Crippen molar-refractivity contribution < 1.29 is 0 Å². The van der Waals surface area contributed by atoms with E-state index in [1.807, 2.05) is 50.4 Å². The Morgan fingerprint density at radius 1 is 0.862 bits per heavy atom. The Labute approximate surface area is 171 Å². The molecule has 8 nitrogen and oxygen atoms in total. The second-order valence-electron chi connectivity index (χ2n) is 7.84. The molecule has 0 atom stereocenters. The van der Waals surface area contributed by atoms with Crippen LogP contribution in [-0.2, 0) is 6.54 Å². The van der Waals surface area contributed by atoms with Gasteiger partial charge in [-0.2, -0.15) is 0 Å². The van der Waals surface area contributed by atoms with E-state index in [0.29, 0.717) is 0 Å². The quantitative estimate of drug-likeness (QED) is 0.652. The SMILES string of the molecule is CN(C)c1ncc(CN2CCN(c3ccc4ncnc(N(C)C)c4c3)CC2)cn1. The Kier molecular flexibility index (Phi) is 5.44. The zero-order valence-electron chi connectivity index (χ0n) is 17.6. The zero-order valence-corrected chi connectivity index (χ0v) is 17.6. The van der Waals surface area contributed by atoms with E-state index < -0.39 is 0 Å². The first-order valence-corrected chi connectivity index (χ1v) is 9.89. The van der Waals surface area contributed by atoms with E-state index in [9.17, 15) is 0 Å². The molecule has 8 heteroatoms. The van der Waals surface area contributed by atoms with E-state index >= 15 is 0 Å². The summed E-state index contributed by atoms with van der Waals surface area (Å²) >= 11 is 0. The Hall–Kier alpha value is -3.00. The molecule has 0 unspecified atom stereocenters. The fourth-order valence-electron chi connectivity index (χ4n) is 3.67. The number of aromatic nitrogens is 4. The van der Waals surface area contributed by atoms with Gasteiger partial charge in [0, 0.05) is 89.9 Å². The smallest absolute Gasteiger partial charge is 0.224 e. The lowest BCUT2D eigenvalue weighted by Gasteiger charge is -2.36. The minimum absolute atomic E-state index is 0.746. The van der Waals surface area contributed by atoms with Crippen molar-refractivity contribution in [1.29, 1.82) is 0 Å². The van der Waals surface area contributed by atoms with Gasteiger partial charge in [-0.25, -0.2) is 19.9 Å². The number of rotatable bonds is 5. The highest BCUT2D eigenvalue weighted by Gasteiger charge is 2.18. The maximum absolute atomic E-state index is 4.44. The van der Waals surface area contributed by atoms with Gasteiger partial charge in [-0.1, -0.05) is 0 Å². The topological polar surface area (TPSA) is 64.5 Å². The van der Waals surface area contributed by atoms with Gasteiger partial charge in [0.1, 0.15) is 12.1 Å². The molecule has 1 aliphatic rings. The predicted molar refractivity (Wildman–Crippen MR) is 118 cm³/mol. The van der Waals surface area contributed by atoms with Crippen LogP contribution < -0.4 is 14.7 Å². The molecular weight excluding hydrogens is 364 g/mol. The first-order valence-electron chi connectivity index (χ1n) is 9.89. The van der Waals surface area contributed by atoms with Crippen LogP contribution in [0, 0.1) is 0 Å². The molecule has 0 aliphatic carbocycles. The fraction of sp³-hybridized carbons (Fsp3) is 0.429. The average molecular weight is 393 g/mol. The van der Waals surface area contributed by atoms with E-state index in [2.05, 4.69) is 47.9 Å². The lowest BCUT2D eigenvalue weighted by atomic mass is 10.1. The minimum atomic E-state index is 0.746. The summed E-state index contributed by atoms with van der Waals surface area (Å²) in [4.78, 5) is 26.5. The standard InChI is InChI=1S/C21H28N8/c1-26(2)20-18-11-17(5-6-19(18)24-15-25-20)29-9-7-28(8-10-29)14-16-12-22-21(23-13-16)27(3)4/h5-6,11-13,15H,7-10,14H2,1-4H3. The number of hydrogen-bond donors (Lipinski definition) is 0. The maximum Gasteiger partial charge on any atom is 0.224 e. The minimum Gasteiger partial charge on any atom is -0.369 e. The molecule has 1 aromatic carbocycles. The summed E-state index contributed by atoms with van der Waals surface area (Å²) in [6.07, 6.45) is 5.49. The molecule has 0 amide bonds. The van der Waals surface area contributed by atoms with Crippen molar-refractivity contribution >= 4 is 28.4 Å². The normalized spacial score (nSPS) is 15.0. The zero-order chi connectivity index (χ0) is 20.4. The van der Waals surface area contributed by atoms with Crippen molar-refractivity contribution in [1.82, 2.24) is 24.8 Å². The van der Waals surface area contributed by atoms with Crippen LogP contribution >= 0.6 is 0 Å². The third-order valence-corrected chi connectivity index (χ3v) is 5.26. The lowest BCUT2D eigenvalue weighted by Crippen LogP contribution is -2.46. The summed E-state index contributed by atoms with van der Waals surface area (Å²) in [5.74, 6) is 1.70. The van der Waals surface area contributed by atoms with Crippen molar-refractivity contribution in [2.75, 3.05) is 69.1 Å². The highest BCUT2D eigenvalue weighted by Crippen LogP contribution is 2.27. The molecule has 1 fully saturated rings. The summed E-state index contributed by atoms with van der Waals surface area (Å²) in [6.45, 7) is 4.90. The molecule has 0 N–H and O–H groups in total. The Morgan fingerprint density at radius 3 is 2.24 bits per heavy atom. The molecule has 2 aromatic heterocycles. The van der Waals surface area contributed by atoms with Gasteiger partial charge in [0.2, 0.25) is 5.95 Å². The van der Waals surface area contributed by atoms with Gasteiger partial charge in [-0.05, 0) is 18.2 Å². The first-order chi connectivity index (χ1) is 14.0. The summed E-state index contributed by atoms with van der Waals surface area (Å²) in [5.41, 5.74) is 3.36. The van der Waals surface area contributed by atoms with Gasteiger partial charge in [0.05, 0.1) is 5.52 Å². The van der Waals surface area contributed by atoms with E-state index in [1.165, 1.54) is 5.69 Å². The number of benzene rings is 1. The van der Waals surface area contributed by atoms with E-state index in [1.54, 1.807) is 6.33 Å². The molecular formula is C21H28N8. The van der Waals surface area contributed by atoms with Crippen LogP contribution in [0.5, 0.6) is 0 Å². The Morgan fingerprint density at radius 2 is 1.59 bits per heavy atom. The fourth-order valence-corrected chi connectivity index (χ4v) is 3.67. The van der Waals surface area contributed by atoms with Crippen molar-refractivity contribution in [2.45, 2.75) is 6.54 Å². The van der Waals surface area contributed by atoms with Crippen molar-refractivity contribution in [3.63, 3.8) is 0 Å². The molecule has 1 aliphatic heterocycles. The van der Waals surface area contributed by atoms with Crippen molar-refractivity contribution in [3.8, 4) is 0 Å². The molecule has 3 heterocycles. The molecule has 0 radical (unpaired) electrons. The highest BCUT2D eigenvalue weighted by atomic mass is 15.3. The second kappa shape index (κ2) is 8.16. The van der Waals surface area contributed by atoms with Crippen LogP contribution in [0.15, 0.2) is 36.9 Å². The van der Waals surface area contributed by atoms with Crippen molar-refractivity contribution in [3.05, 3.63) is 42.5 Å². The molecule has 3 aromatic rings. The van der Waals surface area contributed by atoms with Crippen LogP contribution in [0.3, 0.4) is 0 Å². The number of hydrogen-bond acceptors (Lipinski definition) is 8. The van der Waals surface area contributed by atoms with Crippen LogP contribution in [0.4, 0.5) is 17.5 Å².